The van der Waals surface area contributed by atoms with E-state index in [-0.39, 0.29) is 23.0 Å². The van der Waals surface area contributed by atoms with E-state index in [1.165, 1.54) is 6.07 Å². The molecule has 15 heavy (non-hydrogen) atoms. The van der Waals surface area contributed by atoms with Gasteiger partial charge in [-0.2, -0.15) is 0 Å². The molecule has 0 saturated heterocycles. The molecular formula is C12H18FNO. The van der Waals surface area contributed by atoms with Crippen LogP contribution in [0.15, 0.2) is 24.3 Å². The van der Waals surface area contributed by atoms with Gasteiger partial charge in [0, 0.05) is 6.04 Å². The molecular weight excluding hydrogens is 193 g/mol. The minimum Gasteiger partial charge on any atom is -0.489 e. The van der Waals surface area contributed by atoms with Crippen molar-refractivity contribution in [3.63, 3.8) is 0 Å². The molecule has 2 N–H and O–H groups in total. The van der Waals surface area contributed by atoms with Gasteiger partial charge >= 0.3 is 0 Å². The summed E-state index contributed by atoms with van der Waals surface area (Å²) in [4.78, 5) is 0. The van der Waals surface area contributed by atoms with Crippen molar-refractivity contribution in [3.05, 3.63) is 30.1 Å². The molecule has 0 saturated carbocycles. The molecule has 0 aliphatic rings. The van der Waals surface area contributed by atoms with E-state index >= 15 is 0 Å². The van der Waals surface area contributed by atoms with Crippen molar-refractivity contribution in [3.8, 4) is 5.75 Å². The highest BCUT2D eigenvalue weighted by Crippen LogP contribution is 2.20. The van der Waals surface area contributed by atoms with Crippen LogP contribution in [0.2, 0.25) is 0 Å². The molecule has 0 aliphatic carbocycles. The summed E-state index contributed by atoms with van der Waals surface area (Å²) in [6.07, 6.45) is 0. The maximum absolute atomic E-state index is 13.2. The molecule has 0 fully saturated rings. The molecule has 0 unspecified atom stereocenters. The Morgan fingerprint density at radius 2 is 1.93 bits per heavy atom. The molecule has 0 heterocycles. The van der Waals surface area contributed by atoms with Crippen LogP contribution in [0.25, 0.3) is 0 Å². The van der Waals surface area contributed by atoms with E-state index in [9.17, 15) is 4.39 Å². The molecule has 0 radical (unpaired) electrons. The summed E-state index contributed by atoms with van der Waals surface area (Å²) < 4.78 is 18.5. The number of benzene rings is 1. The first-order valence-corrected chi connectivity index (χ1v) is 5.04. The number of halogens is 1. The van der Waals surface area contributed by atoms with Gasteiger partial charge in [-0.05, 0) is 17.5 Å². The molecule has 1 aromatic carbocycles. The molecule has 84 valence electrons. The second kappa shape index (κ2) is 4.62. The van der Waals surface area contributed by atoms with E-state index in [2.05, 4.69) is 0 Å². The molecule has 0 amide bonds. The lowest BCUT2D eigenvalue weighted by molar-refractivity contribution is 0.200. The van der Waals surface area contributed by atoms with Crippen molar-refractivity contribution in [1.82, 2.24) is 0 Å². The summed E-state index contributed by atoms with van der Waals surface area (Å²) in [5, 5.41) is 0. The lowest BCUT2D eigenvalue weighted by Gasteiger charge is -2.26. The molecule has 0 spiro atoms. The molecule has 1 atom stereocenters. The predicted molar refractivity (Wildman–Crippen MR) is 59.3 cm³/mol. The Balaban J connectivity index is 2.55. The van der Waals surface area contributed by atoms with Gasteiger partial charge in [0.25, 0.3) is 0 Å². The van der Waals surface area contributed by atoms with Crippen LogP contribution < -0.4 is 10.5 Å². The first kappa shape index (κ1) is 12.0. The van der Waals surface area contributed by atoms with Crippen molar-refractivity contribution < 1.29 is 9.13 Å². The van der Waals surface area contributed by atoms with Gasteiger partial charge in [-0.1, -0.05) is 32.9 Å². The lowest BCUT2D eigenvalue weighted by atomic mass is 9.88. The first-order valence-electron chi connectivity index (χ1n) is 5.04. The number of rotatable bonds is 3. The average molecular weight is 211 g/mol. The monoisotopic (exact) mass is 211 g/mol. The first-order chi connectivity index (χ1) is 6.91. The number of ether oxygens (including phenoxy) is 1. The van der Waals surface area contributed by atoms with E-state index in [4.69, 9.17) is 10.5 Å². The van der Waals surface area contributed by atoms with E-state index < -0.39 is 0 Å². The minimum absolute atomic E-state index is 0.0365. The highest BCUT2D eigenvalue weighted by Gasteiger charge is 2.21. The van der Waals surface area contributed by atoms with Gasteiger partial charge in [-0.3, -0.25) is 0 Å². The third-order valence-electron chi connectivity index (χ3n) is 2.37. The van der Waals surface area contributed by atoms with Crippen LogP contribution >= 0.6 is 0 Å². The van der Waals surface area contributed by atoms with Crippen LogP contribution in [0.4, 0.5) is 4.39 Å². The second-order valence-corrected chi connectivity index (χ2v) is 4.71. The Kier molecular flexibility index (Phi) is 3.69. The third-order valence-corrected chi connectivity index (χ3v) is 2.37. The molecule has 1 aromatic rings. The minimum atomic E-state index is -0.349. The van der Waals surface area contributed by atoms with Gasteiger partial charge in [0.05, 0.1) is 0 Å². The molecule has 3 heteroatoms. The fraction of sp³-hybridized carbons (Fsp3) is 0.500. The van der Waals surface area contributed by atoms with Crippen molar-refractivity contribution in [2.24, 2.45) is 11.1 Å². The van der Waals surface area contributed by atoms with Gasteiger partial charge in [0.2, 0.25) is 0 Å². The predicted octanol–water partition coefficient (Wildman–Crippen LogP) is 2.58. The molecule has 0 bridgehead atoms. The van der Waals surface area contributed by atoms with Crippen LogP contribution in [-0.4, -0.2) is 12.6 Å². The highest BCUT2D eigenvalue weighted by atomic mass is 19.1. The Morgan fingerprint density at radius 1 is 1.33 bits per heavy atom. The van der Waals surface area contributed by atoms with Gasteiger partial charge in [0.1, 0.15) is 6.61 Å². The van der Waals surface area contributed by atoms with Gasteiger partial charge < -0.3 is 10.5 Å². The number of hydrogen-bond acceptors (Lipinski definition) is 2. The quantitative estimate of drug-likeness (QED) is 0.834. The summed E-state index contributed by atoms with van der Waals surface area (Å²) in [5.41, 5.74) is 5.86. The molecule has 0 aliphatic heterocycles. The molecule has 1 rings (SSSR count). The SMILES string of the molecule is CC(C)(C)[C@@H](N)COc1ccccc1F. The fourth-order valence-electron chi connectivity index (χ4n) is 0.991. The number of para-hydroxylation sites is 1. The smallest absolute Gasteiger partial charge is 0.165 e. The van der Waals surface area contributed by atoms with E-state index in [0.29, 0.717) is 6.61 Å². The lowest BCUT2D eigenvalue weighted by Crippen LogP contribution is -2.40. The molecule has 0 aromatic heterocycles. The average Bonchev–Trinajstić information content (AvgIpc) is 2.14. The van der Waals surface area contributed by atoms with E-state index in [1.54, 1.807) is 18.2 Å². The normalized spacial score (nSPS) is 13.7. The second-order valence-electron chi connectivity index (χ2n) is 4.71. The van der Waals surface area contributed by atoms with Gasteiger partial charge in [0.15, 0.2) is 11.6 Å². The van der Waals surface area contributed by atoms with Crippen molar-refractivity contribution >= 4 is 0 Å². The number of nitrogens with two attached hydrogens (primary N) is 1. The Morgan fingerprint density at radius 3 is 2.47 bits per heavy atom. The zero-order valence-corrected chi connectivity index (χ0v) is 9.46. The molecule has 2 nitrogen and oxygen atoms in total. The van der Waals surface area contributed by atoms with Gasteiger partial charge in [-0.25, -0.2) is 4.39 Å². The van der Waals surface area contributed by atoms with Crippen LogP contribution in [0.3, 0.4) is 0 Å². The maximum Gasteiger partial charge on any atom is 0.165 e. The van der Waals surface area contributed by atoms with Crippen LogP contribution in [0.1, 0.15) is 20.8 Å². The van der Waals surface area contributed by atoms with Crippen molar-refractivity contribution in [2.75, 3.05) is 6.61 Å². The van der Waals surface area contributed by atoms with Crippen LogP contribution in [-0.2, 0) is 0 Å². The maximum atomic E-state index is 13.2. The third kappa shape index (κ3) is 3.51. The zero-order chi connectivity index (χ0) is 11.5. The Bertz CT molecular complexity index is 320. The van der Waals surface area contributed by atoms with Gasteiger partial charge in [-0.15, -0.1) is 0 Å². The zero-order valence-electron chi connectivity index (χ0n) is 9.46. The van der Waals surface area contributed by atoms with Crippen molar-refractivity contribution in [2.45, 2.75) is 26.8 Å². The summed E-state index contributed by atoms with van der Waals surface area (Å²) in [6.45, 7) is 6.41. The van der Waals surface area contributed by atoms with Crippen LogP contribution in [0, 0.1) is 11.2 Å². The van der Waals surface area contributed by atoms with E-state index in [0.717, 1.165) is 0 Å². The van der Waals surface area contributed by atoms with Crippen molar-refractivity contribution in [1.29, 1.82) is 0 Å². The summed E-state index contributed by atoms with van der Waals surface area (Å²) in [5.74, 6) is -0.0872. The topological polar surface area (TPSA) is 35.2 Å². The largest absolute Gasteiger partial charge is 0.489 e. The van der Waals surface area contributed by atoms with E-state index in [1.807, 2.05) is 20.8 Å². The summed E-state index contributed by atoms with van der Waals surface area (Å²) in [7, 11) is 0. The summed E-state index contributed by atoms with van der Waals surface area (Å²) >= 11 is 0. The Hall–Kier alpha value is -1.09. The standard InChI is InChI=1S/C12H18FNO/c1-12(2,3)11(14)8-15-10-7-5-4-6-9(10)13/h4-7,11H,8,14H2,1-3H3/t11-/m0/s1. The number of hydrogen-bond donors (Lipinski definition) is 1. The Labute approximate surface area is 90.2 Å². The summed E-state index contributed by atoms with van der Waals surface area (Å²) in [6, 6.07) is 6.23. The van der Waals surface area contributed by atoms with Crippen LogP contribution in [0.5, 0.6) is 5.75 Å². The highest BCUT2D eigenvalue weighted by molar-refractivity contribution is 5.23. The fourth-order valence-corrected chi connectivity index (χ4v) is 0.991.